The molecule has 0 radical (unpaired) electrons. The van der Waals surface area contributed by atoms with Crippen LogP contribution in [0, 0.1) is 0 Å². The number of ether oxygens (including phenoxy) is 1. The second-order valence-electron chi connectivity index (χ2n) is 4.11. The van der Waals surface area contributed by atoms with Crippen LogP contribution in [0.2, 0.25) is 0 Å². The Bertz CT molecular complexity index is 468. The zero-order chi connectivity index (χ0) is 12.4. The first-order valence-corrected chi connectivity index (χ1v) is 5.66. The van der Waals surface area contributed by atoms with E-state index in [0.717, 1.165) is 17.7 Å². The molecule has 0 bridgehead atoms. The molecule has 0 amide bonds. The van der Waals surface area contributed by atoms with Gasteiger partial charge < -0.3 is 10.1 Å². The summed E-state index contributed by atoms with van der Waals surface area (Å²) < 4.78 is 4.65. The molecule has 4 nitrogen and oxygen atoms in total. The molecule has 2 rings (SSSR count). The third-order valence-electron chi connectivity index (χ3n) is 3.02. The van der Waals surface area contributed by atoms with Crippen LogP contribution >= 0.6 is 0 Å². The smallest absolute Gasteiger partial charge is 0.337 e. The highest BCUT2D eigenvalue weighted by atomic mass is 16.5. The molecule has 0 spiro atoms. The van der Waals surface area contributed by atoms with Crippen molar-refractivity contribution in [3.63, 3.8) is 0 Å². The number of carbonyl (C=O) groups excluding carboxylic acids is 2. The number of methoxy groups -OCH3 is 1. The van der Waals surface area contributed by atoms with Gasteiger partial charge in [-0.25, -0.2) is 4.79 Å². The van der Waals surface area contributed by atoms with E-state index >= 15 is 0 Å². The molecule has 0 saturated carbocycles. The van der Waals surface area contributed by atoms with E-state index in [4.69, 9.17) is 0 Å². The Hall–Kier alpha value is -1.84. The number of nitrogens with one attached hydrogen (secondary N) is 1. The van der Waals surface area contributed by atoms with Gasteiger partial charge in [0.25, 0.3) is 0 Å². The average Bonchev–Trinajstić information content (AvgIpc) is 2.36. The molecule has 1 heterocycles. The molecule has 0 fully saturated rings. The van der Waals surface area contributed by atoms with Crippen LogP contribution in [-0.4, -0.2) is 24.9 Å². The largest absolute Gasteiger partial charge is 0.465 e. The second-order valence-corrected chi connectivity index (χ2v) is 4.11. The van der Waals surface area contributed by atoms with Crippen LogP contribution < -0.4 is 5.32 Å². The quantitative estimate of drug-likeness (QED) is 0.791. The summed E-state index contributed by atoms with van der Waals surface area (Å²) >= 11 is 0. The van der Waals surface area contributed by atoms with Gasteiger partial charge in [0.05, 0.1) is 18.7 Å². The molecule has 1 N–H and O–H groups in total. The van der Waals surface area contributed by atoms with Gasteiger partial charge in [-0.15, -0.1) is 0 Å². The summed E-state index contributed by atoms with van der Waals surface area (Å²) in [4.78, 5) is 23.1. The van der Waals surface area contributed by atoms with E-state index in [9.17, 15) is 9.59 Å². The molecule has 1 unspecified atom stereocenters. The molecule has 1 aliphatic heterocycles. The van der Waals surface area contributed by atoms with Crippen LogP contribution in [0.1, 0.15) is 29.3 Å². The Balaban J connectivity index is 2.32. The Labute approximate surface area is 100.0 Å². The fraction of sp³-hybridized carbons (Fsp3) is 0.385. The number of rotatable bonds is 2. The fourth-order valence-corrected chi connectivity index (χ4v) is 2.03. The molecule has 1 aliphatic rings. The molecule has 17 heavy (non-hydrogen) atoms. The van der Waals surface area contributed by atoms with Gasteiger partial charge in [0.2, 0.25) is 0 Å². The molecule has 0 aliphatic carbocycles. The average molecular weight is 233 g/mol. The van der Waals surface area contributed by atoms with Crippen molar-refractivity contribution in [3.05, 3.63) is 29.3 Å². The lowest BCUT2D eigenvalue weighted by Gasteiger charge is -2.25. The fourth-order valence-electron chi connectivity index (χ4n) is 2.03. The summed E-state index contributed by atoms with van der Waals surface area (Å²) in [5.41, 5.74) is 2.28. The minimum absolute atomic E-state index is 0.105. The Morgan fingerprint density at radius 1 is 1.53 bits per heavy atom. The van der Waals surface area contributed by atoms with Crippen molar-refractivity contribution in [2.75, 3.05) is 12.4 Å². The number of ketones is 1. The van der Waals surface area contributed by atoms with Gasteiger partial charge >= 0.3 is 5.97 Å². The van der Waals surface area contributed by atoms with Gasteiger partial charge in [0.15, 0.2) is 5.78 Å². The van der Waals surface area contributed by atoms with Gasteiger partial charge in [0.1, 0.15) is 0 Å². The SMILES string of the molecule is CCC1Nc2ccc(C(=O)OC)cc2CC1=O. The van der Waals surface area contributed by atoms with E-state index in [1.807, 2.05) is 13.0 Å². The van der Waals surface area contributed by atoms with Crippen molar-refractivity contribution in [1.29, 1.82) is 0 Å². The zero-order valence-corrected chi connectivity index (χ0v) is 9.95. The highest BCUT2D eigenvalue weighted by Crippen LogP contribution is 2.25. The maximum absolute atomic E-state index is 11.8. The topological polar surface area (TPSA) is 55.4 Å². The van der Waals surface area contributed by atoms with Crippen LogP contribution in [0.5, 0.6) is 0 Å². The summed E-state index contributed by atoms with van der Waals surface area (Å²) in [7, 11) is 1.35. The third kappa shape index (κ3) is 2.16. The molecule has 4 heteroatoms. The molecular weight excluding hydrogens is 218 g/mol. The van der Waals surface area contributed by atoms with Crippen LogP contribution in [0.4, 0.5) is 5.69 Å². The van der Waals surface area contributed by atoms with Crippen molar-refractivity contribution in [2.45, 2.75) is 25.8 Å². The lowest BCUT2D eigenvalue weighted by molar-refractivity contribution is -0.119. The van der Waals surface area contributed by atoms with E-state index < -0.39 is 0 Å². The molecule has 1 aromatic carbocycles. The van der Waals surface area contributed by atoms with Gasteiger partial charge in [-0.1, -0.05) is 6.92 Å². The second kappa shape index (κ2) is 4.57. The molecular formula is C13H15NO3. The van der Waals surface area contributed by atoms with E-state index in [1.165, 1.54) is 7.11 Å². The van der Waals surface area contributed by atoms with Gasteiger partial charge in [-0.05, 0) is 30.2 Å². The first-order chi connectivity index (χ1) is 8.15. The standard InChI is InChI=1S/C13H15NO3/c1-3-10-12(15)7-9-6-8(13(16)17-2)4-5-11(9)14-10/h4-6,10,14H,3,7H2,1-2H3. The van der Waals surface area contributed by atoms with E-state index in [0.29, 0.717) is 12.0 Å². The number of hydrogen-bond acceptors (Lipinski definition) is 4. The number of Topliss-reactive ketones (excluding diaryl/α,β-unsaturated/α-hetero) is 1. The number of esters is 1. The van der Waals surface area contributed by atoms with E-state index in [2.05, 4.69) is 10.1 Å². The minimum Gasteiger partial charge on any atom is -0.465 e. The van der Waals surface area contributed by atoms with Crippen LogP contribution in [0.25, 0.3) is 0 Å². The molecule has 1 atom stereocenters. The number of hydrogen-bond donors (Lipinski definition) is 1. The summed E-state index contributed by atoms with van der Waals surface area (Å²) in [6.07, 6.45) is 1.16. The van der Waals surface area contributed by atoms with Crippen LogP contribution in [0.3, 0.4) is 0 Å². The minimum atomic E-state index is -0.377. The Morgan fingerprint density at radius 3 is 2.94 bits per heavy atom. The first kappa shape index (κ1) is 11.6. The van der Waals surface area contributed by atoms with Crippen LogP contribution in [0.15, 0.2) is 18.2 Å². The van der Waals surface area contributed by atoms with Gasteiger partial charge in [-0.3, -0.25) is 4.79 Å². The van der Waals surface area contributed by atoms with Crippen LogP contribution in [-0.2, 0) is 16.0 Å². The predicted octanol–water partition coefficient (Wildman–Crippen LogP) is 1.79. The van der Waals surface area contributed by atoms with Crippen molar-refractivity contribution in [2.24, 2.45) is 0 Å². The normalized spacial score (nSPS) is 18.2. The highest BCUT2D eigenvalue weighted by Gasteiger charge is 2.24. The van der Waals surface area contributed by atoms with E-state index in [-0.39, 0.29) is 17.8 Å². The number of anilines is 1. The van der Waals surface area contributed by atoms with Crippen molar-refractivity contribution in [3.8, 4) is 0 Å². The maximum atomic E-state index is 11.8. The summed E-state index contributed by atoms with van der Waals surface area (Å²) in [6, 6.07) is 5.15. The van der Waals surface area contributed by atoms with Crippen molar-refractivity contribution >= 4 is 17.4 Å². The summed E-state index contributed by atoms with van der Waals surface area (Å²) in [5, 5.41) is 3.18. The lowest BCUT2D eigenvalue weighted by Crippen LogP contribution is -2.34. The predicted molar refractivity (Wildman–Crippen MR) is 64.2 cm³/mol. The third-order valence-corrected chi connectivity index (χ3v) is 3.02. The Kier molecular flexibility index (Phi) is 3.13. The summed E-state index contributed by atoms with van der Waals surface area (Å²) in [5.74, 6) is -0.208. The summed E-state index contributed by atoms with van der Waals surface area (Å²) in [6.45, 7) is 1.98. The number of fused-ring (bicyclic) bond motifs is 1. The van der Waals surface area contributed by atoms with Crippen molar-refractivity contribution < 1.29 is 14.3 Å². The zero-order valence-electron chi connectivity index (χ0n) is 9.95. The number of carbonyl (C=O) groups is 2. The maximum Gasteiger partial charge on any atom is 0.337 e. The van der Waals surface area contributed by atoms with Gasteiger partial charge in [0, 0.05) is 12.1 Å². The lowest BCUT2D eigenvalue weighted by atomic mass is 9.94. The Morgan fingerprint density at radius 2 is 2.29 bits per heavy atom. The van der Waals surface area contributed by atoms with E-state index in [1.54, 1.807) is 12.1 Å². The molecule has 1 aromatic rings. The first-order valence-electron chi connectivity index (χ1n) is 5.66. The number of benzene rings is 1. The molecule has 0 aromatic heterocycles. The van der Waals surface area contributed by atoms with Gasteiger partial charge in [-0.2, -0.15) is 0 Å². The molecule has 0 saturated heterocycles. The van der Waals surface area contributed by atoms with Crippen molar-refractivity contribution in [1.82, 2.24) is 0 Å². The monoisotopic (exact) mass is 233 g/mol. The highest BCUT2D eigenvalue weighted by molar-refractivity contribution is 5.95. The molecule has 90 valence electrons.